The van der Waals surface area contributed by atoms with Crippen LogP contribution in [0.15, 0.2) is 4.21 Å². The molecule has 1 aromatic heterocycles. The smallest absolute Gasteiger partial charge is 0.252 e. The molecule has 7 heteroatoms. The van der Waals surface area contributed by atoms with Gasteiger partial charge in [0.25, 0.3) is 10.0 Å². The molecule has 1 aromatic rings. The number of anilines is 1. The SMILES string of the molecule is Cc1nc(N)sc1S(=O)(=O)NC1CCCCC1C. The number of thiazole rings is 1. The van der Waals surface area contributed by atoms with Crippen molar-refractivity contribution in [3.8, 4) is 0 Å². The van der Waals surface area contributed by atoms with Gasteiger partial charge >= 0.3 is 0 Å². The third-order valence-electron chi connectivity index (χ3n) is 3.43. The molecule has 2 atom stereocenters. The van der Waals surface area contributed by atoms with Gasteiger partial charge in [0.1, 0.15) is 0 Å². The van der Waals surface area contributed by atoms with Crippen LogP contribution in [-0.4, -0.2) is 19.4 Å². The van der Waals surface area contributed by atoms with Crippen LogP contribution in [0.3, 0.4) is 0 Å². The summed E-state index contributed by atoms with van der Waals surface area (Å²) >= 11 is 1.03. The summed E-state index contributed by atoms with van der Waals surface area (Å²) in [7, 11) is -3.48. The van der Waals surface area contributed by atoms with Crippen molar-refractivity contribution in [3.63, 3.8) is 0 Å². The topological polar surface area (TPSA) is 85.1 Å². The maximum Gasteiger partial charge on any atom is 0.252 e. The number of aromatic nitrogens is 1. The van der Waals surface area contributed by atoms with E-state index in [1.807, 2.05) is 0 Å². The molecule has 5 nitrogen and oxygen atoms in total. The fraction of sp³-hybridized carbons (Fsp3) is 0.727. The Balaban J connectivity index is 2.19. The molecule has 3 N–H and O–H groups in total. The van der Waals surface area contributed by atoms with E-state index in [1.165, 1.54) is 6.42 Å². The Morgan fingerprint density at radius 2 is 2.06 bits per heavy atom. The second-order valence-corrected chi connectivity index (χ2v) is 7.85. The van der Waals surface area contributed by atoms with Crippen LogP contribution >= 0.6 is 11.3 Å². The third kappa shape index (κ3) is 2.84. The number of sulfonamides is 1. The van der Waals surface area contributed by atoms with Gasteiger partial charge in [-0.15, -0.1) is 0 Å². The molecule has 0 aromatic carbocycles. The zero-order chi connectivity index (χ0) is 13.3. The van der Waals surface area contributed by atoms with E-state index >= 15 is 0 Å². The van der Waals surface area contributed by atoms with Gasteiger partial charge in [-0.2, -0.15) is 0 Å². The third-order valence-corrected chi connectivity index (χ3v) is 6.52. The van der Waals surface area contributed by atoms with Gasteiger partial charge in [-0.1, -0.05) is 31.1 Å². The van der Waals surface area contributed by atoms with Crippen molar-refractivity contribution in [2.24, 2.45) is 5.92 Å². The summed E-state index contributed by atoms with van der Waals surface area (Å²) in [6.07, 6.45) is 4.26. The van der Waals surface area contributed by atoms with Crippen LogP contribution < -0.4 is 10.5 Å². The summed E-state index contributed by atoms with van der Waals surface area (Å²) < 4.78 is 27.6. The van der Waals surface area contributed by atoms with Crippen molar-refractivity contribution >= 4 is 26.5 Å². The molecule has 0 radical (unpaired) electrons. The Bertz CT molecular complexity index is 524. The van der Waals surface area contributed by atoms with Gasteiger partial charge < -0.3 is 5.73 Å². The Labute approximate surface area is 112 Å². The van der Waals surface area contributed by atoms with Crippen LogP contribution in [0.1, 0.15) is 38.3 Å². The summed E-state index contributed by atoms with van der Waals surface area (Å²) in [6, 6.07) is 0.0338. The Hall–Kier alpha value is -0.660. The predicted molar refractivity (Wildman–Crippen MR) is 73.0 cm³/mol. The van der Waals surface area contributed by atoms with Crippen molar-refractivity contribution in [1.29, 1.82) is 0 Å². The first kappa shape index (κ1) is 13.8. The molecule has 102 valence electrons. The van der Waals surface area contributed by atoms with E-state index in [1.54, 1.807) is 6.92 Å². The van der Waals surface area contributed by atoms with Gasteiger partial charge in [-0.05, 0) is 25.7 Å². The van der Waals surface area contributed by atoms with Crippen LogP contribution in [0.4, 0.5) is 5.13 Å². The number of hydrogen-bond donors (Lipinski definition) is 2. The van der Waals surface area contributed by atoms with Crippen molar-refractivity contribution in [2.75, 3.05) is 5.73 Å². The van der Waals surface area contributed by atoms with Crippen LogP contribution in [0.5, 0.6) is 0 Å². The molecule has 18 heavy (non-hydrogen) atoms. The average molecular weight is 289 g/mol. The maximum absolute atomic E-state index is 12.3. The highest BCUT2D eigenvalue weighted by atomic mass is 32.2. The minimum absolute atomic E-state index is 0.0338. The van der Waals surface area contributed by atoms with E-state index in [2.05, 4.69) is 16.6 Å². The molecule has 2 unspecified atom stereocenters. The van der Waals surface area contributed by atoms with Gasteiger partial charge in [-0.3, -0.25) is 0 Å². The molecule has 1 saturated carbocycles. The quantitative estimate of drug-likeness (QED) is 0.890. The molecule has 0 aliphatic heterocycles. The van der Waals surface area contributed by atoms with E-state index in [4.69, 9.17) is 5.73 Å². The first-order valence-corrected chi connectivity index (χ1v) is 8.45. The number of nitrogens with zero attached hydrogens (tertiary/aromatic N) is 1. The molecule has 0 bridgehead atoms. The Morgan fingerprint density at radius 3 is 2.61 bits per heavy atom. The lowest BCUT2D eigenvalue weighted by Gasteiger charge is -2.28. The Kier molecular flexibility index (Phi) is 3.93. The maximum atomic E-state index is 12.3. The highest BCUT2D eigenvalue weighted by molar-refractivity contribution is 7.91. The van der Waals surface area contributed by atoms with E-state index in [9.17, 15) is 8.42 Å². The monoisotopic (exact) mass is 289 g/mol. The first-order chi connectivity index (χ1) is 8.40. The van der Waals surface area contributed by atoms with Gasteiger partial charge in [0, 0.05) is 6.04 Å². The van der Waals surface area contributed by atoms with Crippen molar-refractivity contribution in [2.45, 2.75) is 49.8 Å². The zero-order valence-electron chi connectivity index (χ0n) is 10.6. The second-order valence-electron chi connectivity index (χ2n) is 4.91. The lowest BCUT2D eigenvalue weighted by atomic mass is 9.87. The Morgan fingerprint density at radius 1 is 1.39 bits per heavy atom. The van der Waals surface area contributed by atoms with Crippen LogP contribution in [-0.2, 0) is 10.0 Å². The number of nitrogens with two attached hydrogens (primary N) is 1. The predicted octanol–water partition coefficient (Wildman–Crippen LogP) is 1.89. The molecule has 1 aliphatic rings. The summed E-state index contributed by atoms with van der Waals surface area (Å²) in [5.74, 6) is 0.388. The van der Waals surface area contributed by atoms with E-state index < -0.39 is 10.0 Å². The standard InChI is InChI=1S/C11H19N3O2S2/c1-7-5-3-4-6-9(7)14-18(15,16)10-8(2)13-11(12)17-10/h7,9,14H,3-6H2,1-2H3,(H2,12,13). The van der Waals surface area contributed by atoms with Gasteiger partial charge in [0.05, 0.1) is 5.69 Å². The molecule has 1 aliphatic carbocycles. The average Bonchev–Trinajstić information content (AvgIpc) is 2.62. The lowest BCUT2D eigenvalue weighted by Crippen LogP contribution is -2.40. The molecule has 1 fully saturated rings. The van der Waals surface area contributed by atoms with E-state index in [0.717, 1.165) is 30.6 Å². The second kappa shape index (κ2) is 5.14. The fourth-order valence-electron chi connectivity index (χ4n) is 2.40. The normalized spacial score (nSPS) is 25.2. The molecule has 2 rings (SSSR count). The van der Waals surface area contributed by atoms with E-state index in [0.29, 0.717) is 16.7 Å². The molecular formula is C11H19N3O2S2. The number of nitrogens with one attached hydrogen (secondary N) is 1. The molecular weight excluding hydrogens is 270 g/mol. The van der Waals surface area contributed by atoms with Crippen molar-refractivity contribution in [1.82, 2.24) is 9.71 Å². The largest absolute Gasteiger partial charge is 0.375 e. The number of aryl methyl sites for hydroxylation is 1. The van der Waals surface area contributed by atoms with E-state index in [-0.39, 0.29) is 10.3 Å². The summed E-state index contributed by atoms with van der Waals surface area (Å²) in [6.45, 7) is 3.77. The number of rotatable bonds is 3. The summed E-state index contributed by atoms with van der Waals surface area (Å²) in [4.78, 5) is 3.97. The molecule has 1 heterocycles. The summed E-state index contributed by atoms with van der Waals surface area (Å²) in [5.41, 5.74) is 6.03. The zero-order valence-corrected chi connectivity index (χ0v) is 12.3. The minimum atomic E-state index is -3.48. The fourth-order valence-corrected chi connectivity index (χ4v) is 5.09. The van der Waals surface area contributed by atoms with Gasteiger partial charge in [-0.25, -0.2) is 18.1 Å². The molecule has 0 spiro atoms. The highest BCUT2D eigenvalue weighted by Gasteiger charge is 2.29. The summed E-state index contributed by atoms with van der Waals surface area (Å²) in [5, 5.41) is 0.296. The van der Waals surface area contributed by atoms with Crippen molar-refractivity contribution < 1.29 is 8.42 Å². The highest BCUT2D eigenvalue weighted by Crippen LogP contribution is 2.28. The molecule has 0 amide bonds. The van der Waals surface area contributed by atoms with Crippen LogP contribution in [0.2, 0.25) is 0 Å². The number of hydrogen-bond acceptors (Lipinski definition) is 5. The minimum Gasteiger partial charge on any atom is -0.375 e. The first-order valence-electron chi connectivity index (χ1n) is 6.15. The van der Waals surface area contributed by atoms with Crippen molar-refractivity contribution in [3.05, 3.63) is 5.69 Å². The number of nitrogen functional groups attached to an aromatic ring is 1. The van der Waals surface area contributed by atoms with Crippen LogP contribution in [0, 0.1) is 12.8 Å². The van der Waals surface area contributed by atoms with Crippen LogP contribution in [0.25, 0.3) is 0 Å². The lowest BCUT2D eigenvalue weighted by molar-refractivity contribution is 0.310. The molecule has 0 saturated heterocycles. The van der Waals surface area contributed by atoms with Gasteiger partial charge in [0.2, 0.25) is 0 Å². The van der Waals surface area contributed by atoms with Gasteiger partial charge in [0.15, 0.2) is 9.34 Å².